The molecule has 4 nitrogen and oxygen atoms in total. The minimum atomic E-state index is -0.680. The summed E-state index contributed by atoms with van der Waals surface area (Å²) in [7, 11) is 1.22. The van der Waals surface area contributed by atoms with Gasteiger partial charge in [-0.1, -0.05) is 6.07 Å². The minimum Gasteiger partial charge on any atom is -0.465 e. The van der Waals surface area contributed by atoms with Crippen LogP contribution in [0.1, 0.15) is 35.2 Å². The van der Waals surface area contributed by atoms with Crippen LogP contribution in [0.4, 0.5) is 4.39 Å². The van der Waals surface area contributed by atoms with Gasteiger partial charge in [0.2, 0.25) is 0 Å². The van der Waals surface area contributed by atoms with E-state index in [-0.39, 0.29) is 5.56 Å². The first-order valence-corrected chi connectivity index (χ1v) is 6.34. The SMILES string of the molecule is COC(=O)c1ccc(CNCC2(O)CCC2)cc1F. The predicted molar refractivity (Wildman–Crippen MR) is 68.2 cm³/mol. The molecule has 1 fully saturated rings. The van der Waals surface area contributed by atoms with E-state index in [2.05, 4.69) is 10.1 Å². The Labute approximate surface area is 111 Å². The van der Waals surface area contributed by atoms with E-state index in [9.17, 15) is 14.3 Å². The number of hydrogen-bond donors (Lipinski definition) is 2. The molecule has 0 amide bonds. The quantitative estimate of drug-likeness (QED) is 0.796. The Hall–Kier alpha value is -1.46. The van der Waals surface area contributed by atoms with Crippen LogP contribution in [0.25, 0.3) is 0 Å². The zero-order valence-electron chi connectivity index (χ0n) is 10.9. The first-order valence-electron chi connectivity index (χ1n) is 6.34. The summed E-state index contributed by atoms with van der Waals surface area (Å²) < 4.78 is 18.1. The van der Waals surface area contributed by atoms with Crippen LogP contribution in [-0.2, 0) is 11.3 Å². The predicted octanol–water partition coefficient (Wildman–Crippen LogP) is 1.62. The van der Waals surface area contributed by atoms with E-state index in [1.807, 2.05) is 0 Å². The standard InChI is InChI=1S/C14H18FNO3/c1-19-13(17)11-4-3-10(7-12(11)15)8-16-9-14(18)5-2-6-14/h3-4,7,16,18H,2,5-6,8-9H2,1H3. The van der Waals surface area contributed by atoms with Gasteiger partial charge in [0.15, 0.2) is 0 Å². The lowest BCUT2D eigenvalue weighted by Crippen LogP contribution is -2.45. The highest BCUT2D eigenvalue weighted by atomic mass is 19.1. The lowest BCUT2D eigenvalue weighted by molar-refractivity contribution is -0.0314. The molecule has 0 unspecified atom stereocenters. The van der Waals surface area contributed by atoms with Crippen molar-refractivity contribution in [1.29, 1.82) is 0 Å². The fraction of sp³-hybridized carbons (Fsp3) is 0.500. The van der Waals surface area contributed by atoms with E-state index < -0.39 is 17.4 Å². The molecule has 0 bridgehead atoms. The van der Waals surface area contributed by atoms with Crippen LogP contribution >= 0.6 is 0 Å². The fourth-order valence-corrected chi connectivity index (χ4v) is 2.15. The molecule has 0 aliphatic heterocycles. The maximum atomic E-state index is 13.6. The number of carbonyl (C=O) groups is 1. The Morgan fingerprint density at radius 1 is 1.53 bits per heavy atom. The smallest absolute Gasteiger partial charge is 0.340 e. The zero-order valence-corrected chi connectivity index (χ0v) is 10.9. The maximum absolute atomic E-state index is 13.6. The van der Waals surface area contributed by atoms with E-state index in [1.165, 1.54) is 19.2 Å². The molecule has 2 N–H and O–H groups in total. The highest BCUT2D eigenvalue weighted by Gasteiger charge is 2.33. The molecule has 2 rings (SSSR count). The van der Waals surface area contributed by atoms with Crippen LogP contribution in [0.3, 0.4) is 0 Å². The van der Waals surface area contributed by atoms with Crippen molar-refractivity contribution in [2.45, 2.75) is 31.4 Å². The second kappa shape index (κ2) is 5.67. The van der Waals surface area contributed by atoms with Gasteiger partial charge < -0.3 is 15.2 Å². The van der Waals surface area contributed by atoms with Crippen LogP contribution in [0.15, 0.2) is 18.2 Å². The summed E-state index contributed by atoms with van der Waals surface area (Å²) in [6.45, 7) is 0.966. The molecule has 0 spiro atoms. The second-order valence-corrected chi connectivity index (χ2v) is 4.99. The highest BCUT2D eigenvalue weighted by Crippen LogP contribution is 2.30. The number of ether oxygens (including phenoxy) is 1. The number of nitrogens with one attached hydrogen (secondary N) is 1. The van der Waals surface area contributed by atoms with Crippen LogP contribution in [0.2, 0.25) is 0 Å². The van der Waals surface area contributed by atoms with Crippen molar-refractivity contribution >= 4 is 5.97 Å². The van der Waals surface area contributed by atoms with E-state index in [0.29, 0.717) is 13.1 Å². The molecule has 0 atom stereocenters. The third-order valence-electron chi connectivity index (χ3n) is 3.51. The molecule has 1 saturated carbocycles. The van der Waals surface area contributed by atoms with Gasteiger partial charge in [-0.05, 0) is 37.0 Å². The topological polar surface area (TPSA) is 58.6 Å². The van der Waals surface area contributed by atoms with Gasteiger partial charge in [-0.2, -0.15) is 0 Å². The summed E-state index contributed by atoms with van der Waals surface area (Å²) in [5.41, 5.74) is 0.0711. The molecule has 104 valence electrons. The molecule has 1 aliphatic rings. The first kappa shape index (κ1) is 14.0. The van der Waals surface area contributed by atoms with Crippen molar-refractivity contribution in [3.05, 3.63) is 35.1 Å². The summed E-state index contributed by atoms with van der Waals surface area (Å²) >= 11 is 0. The number of rotatable bonds is 5. The lowest BCUT2D eigenvalue weighted by Gasteiger charge is -2.36. The average molecular weight is 267 g/mol. The van der Waals surface area contributed by atoms with Crippen molar-refractivity contribution in [2.24, 2.45) is 0 Å². The van der Waals surface area contributed by atoms with E-state index in [4.69, 9.17) is 0 Å². The largest absolute Gasteiger partial charge is 0.465 e. The Bertz CT molecular complexity index is 472. The maximum Gasteiger partial charge on any atom is 0.340 e. The molecule has 5 heteroatoms. The number of halogens is 1. The number of methoxy groups -OCH3 is 1. The second-order valence-electron chi connectivity index (χ2n) is 4.99. The Balaban J connectivity index is 1.90. The lowest BCUT2D eigenvalue weighted by atomic mass is 9.80. The third kappa shape index (κ3) is 3.30. The van der Waals surface area contributed by atoms with E-state index in [0.717, 1.165) is 24.8 Å². The summed E-state index contributed by atoms with van der Waals surface area (Å²) in [6.07, 6.45) is 2.69. The van der Waals surface area contributed by atoms with Crippen molar-refractivity contribution in [3.8, 4) is 0 Å². The van der Waals surface area contributed by atoms with E-state index in [1.54, 1.807) is 6.07 Å². The van der Waals surface area contributed by atoms with Gasteiger partial charge in [0.05, 0.1) is 18.3 Å². The molecule has 0 saturated heterocycles. The van der Waals surface area contributed by atoms with E-state index >= 15 is 0 Å². The third-order valence-corrected chi connectivity index (χ3v) is 3.51. The van der Waals surface area contributed by atoms with Gasteiger partial charge in [0, 0.05) is 13.1 Å². The van der Waals surface area contributed by atoms with Crippen LogP contribution in [0.5, 0.6) is 0 Å². The van der Waals surface area contributed by atoms with Crippen molar-refractivity contribution in [1.82, 2.24) is 5.32 Å². The van der Waals surface area contributed by atoms with Gasteiger partial charge in [0.25, 0.3) is 0 Å². The molecular formula is C14H18FNO3. The number of benzene rings is 1. The van der Waals surface area contributed by atoms with Gasteiger partial charge >= 0.3 is 5.97 Å². The first-order chi connectivity index (χ1) is 9.04. The highest BCUT2D eigenvalue weighted by molar-refractivity contribution is 5.89. The van der Waals surface area contributed by atoms with Gasteiger partial charge in [-0.15, -0.1) is 0 Å². The van der Waals surface area contributed by atoms with Crippen LogP contribution in [0, 0.1) is 5.82 Å². The zero-order chi connectivity index (χ0) is 13.9. The Morgan fingerprint density at radius 3 is 2.79 bits per heavy atom. The number of carbonyl (C=O) groups excluding carboxylic acids is 1. The van der Waals surface area contributed by atoms with Gasteiger partial charge in [-0.3, -0.25) is 0 Å². The number of aliphatic hydroxyl groups is 1. The van der Waals surface area contributed by atoms with Gasteiger partial charge in [-0.25, -0.2) is 9.18 Å². The summed E-state index contributed by atoms with van der Waals surface area (Å²) in [5.74, 6) is -1.27. The van der Waals surface area contributed by atoms with Crippen molar-refractivity contribution in [2.75, 3.05) is 13.7 Å². The molecule has 0 aromatic heterocycles. The fourth-order valence-electron chi connectivity index (χ4n) is 2.15. The van der Waals surface area contributed by atoms with Crippen LogP contribution < -0.4 is 5.32 Å². The minimum absolute atomic E-state index is 0.0659. The molecule has 1 aliphatic carbocycles. The Morgan fingerprint density at radius 2 is 2.26 bits per heavy atom. The number of esters is 1. The molecule has 0 radical (unpaired) electrons. The summed E-state index contributed by atoms with van der Waals surface area (Å²) in [5, 5.41) is 13.0. The summed E-state index contributed by atoms with van der Waals surface area (Å²) in [6, 6.07) is 4.40. The average Bonchev–Trinajstić information content (AvgIpc) is 2.36. The molecule has 1 aromatic rings. The van der Waals surface area contributed by atoms with Crippen LogP contribution in [-0.4, -0.2) is 30.3 Å². The van der Waals surface area contributed by atoms with Crippen molar-refractivity contribution in [3.63, 3.8) is 0 Å². The monoisotopic (exact) mass is 267 g/mol. The molecule has 1 aromatic carbocycles. The Kier molecular flexibility index (Phi) is 4.17. The molecule has 0 heterocycles. The van der Waals surface area contributed by atoms with Crippen molar-refractivity contribution < 1.29 is 19.0 Å². The molecule has 19 heavy (non-hydrogen) atoms. The summed E-state index contributed by atoms with van der Waals surface area (Å²) in [4.78, 5) is 11.2. The normalized spacial score (nSPS) is 16.8. The number of hydrogen-bond acceptors (Lipinski definition) is 4. The molecular weight excluding hydrogens is 249 g/mol. The van der Waals surface area contributed by atoms with Gasteiger partial charge in [0.1, 0.15) is 5.82 Å².